The van der Waals surface area contributed by atoms with Crippen LogP contribution in [0.25, 0.3) is 10.9 Å². The van der Waals surface area contributed by atoms with Gasteiger partial charge in [-0.1, -0.05) is 0 Å². The number of benzene rings is 1. The van der Waals surface area contributed by atoms with Gasteiger partial charge < -0.3 is 9.72 Å². The molecule has 0 fully saturated rings. The Kier molecular flexibility index (Phi) is 2.18. The molecule has 3 rings (SSSR count). The van der Waals surface area contributed by atoms with Gasteiger partial charge in [-0.05, 0) is 25.1 Å². The maximum absolute atomic E-state index is 11.6. The van der Waals surface area contributed by atoms with Crippen molar-refractivity contribution in [1.29, 1.82) is 0 Å². The first-order chi connectivity index (χ1) is 8.29. The molecule has 1 N–H and O–H groups in total. The van der Waals surface area contributed by atoms with E-state index in [1.54, 1.807) is 6.92 Å². The van der Waals surface area contributed by atoms with Crippen LogP contribution in [-0.4, -0.2) is 17.6 Å². The summed E-state index contributed by atoms with van der Waals surface area (Å²) in [5, 5.41) is 9.02. The van der Waals surface area contributed by atoms with Crippen LogP contribution >= 0.6 is 0 Å². The van der Waals surface area contributed by atoms with Crippen LogP contribution in [0.15, 0.2) is 28.4 Å². The van der Waals surface area contributed by atoms with Crippen molar-refractivity contribution < 1.29 is 9.53 Å². The Morgan fingerprint density at radius 2 is 2.41 bits per heavy atom. The number of carbonyl (C=O) groups is 1. The maximum Gasteiger partial charge on any atom is 0.354 e. The summed E-state index contributed by atoms with van der Waals surface area (Å²) in [7, 11) is 0. The first-order valence-electron chi connectivity index (χ1n) is 5.49. The fourth-order valence-electron chi connectivity index (χ4n) is 2.01. The molecule has 0 saturated heterocycles. The van der Waals surface area contributed by atoms with Crippen LogP contribution in [0.1, 0.15) is 23.0 Å². The van der Waals surface area contributed by atoms with Crippen molar-refractivity contribution in [3.05, 3.63) is 29.5 Å². The Morgan fingerprint density at radius 3 is 3.24 bits per heavy atom. The number of aromatic amines is 1. The van der Waals surface area contributed by atoms with Crippen LogP contribution in [0.3, 0.4) is 0 Å². The number of aromatic nitrogens is 1. The summed E-state index contributed by atoms with van der Waals surface area (Å²) in [6.07, 6.45) is 0. The molecule has 0 atom stereocenters. The Hall–Kier alpha value is -2.17. The second-order valence-corrected chi connectivity index (χ2v) is 3.83. The molecule has 0 saturated carbocycles. The van der Waals surface area contributed by atoms with Crippen molar-refractivity contribution in [2.75, 3.05) is 6.61 Å². The molecule has 0 unspecified atom stereocenters. The highest BCUT2D eigenvalue weighted by molar-refractivity contribution is 5.97. The van der Waals surface area contributed by atoms with E-state index in [1.165, 1.54) is 0 Å². The quantitative estimate of drug-likeness (QED) is 0.804. The van der Waals surface area contributed by atoms with Crippen LogP contribution in [0.5, 0.6) is 0 Å². The van der Waals surface area contributed by atoms with E-state index < -0.39 is 0 Å². The van der Waals surface area contributed by atoms with Crippen molar-refractivity contribution in [3.63, 3.8) is 0 Å². The number of hydrogen-bond acceptors (Lipinski definition) is 4. The van der Waals surface area contributed by atoms with E-state index in [4.69, 9.17) is 4.74 Å². The van der Waals surface area contributed by atoms with E-state index >= 15 is 0 Å². The number of esters is 1. The van der Waals surface area contributed by atoms with Crippen molar-refractivity contribution in [1.82, 2.24) is 4.98 Å². The van der Waals surface area contributed by atoms with Gasteiger partial charge >= 0.3 is 5.97 Å². The Balaban J connectivity index is 2.11. The highest BCUT2D eigenvalue weighted by Gasteiger charge is 2.16. The Labute approximate surface area is 97.5 Å². The third-order valence-corrected chi connectivity index (χ3v) is 2.79. The molecule has 17 heavy (non-hydrogen) atoms. The first kappa shape index (κ1) is 10.0. The normalized spacial score (nSPS) is 13.0. The molecule has 2 aromatic rings. The minimum Gasteiger partial charge on any atom is -0.461 e. The average molecular weight is 229 g/mol. The summed E-state index contributed by atoms with van der Waals surface area (Å²) in [6, 6.07) is 5.61. The highest BCUT2D eigenvalue weighted by atomic mass is 16.5. The Morgan fingerprint density at radius 1 is 1.53 bits per heavy atom. The molecule has 2 heterocycles. The molecular formula is C12H11N3O2. The predicted molar refractivity (Wildman–Crippen MR) is 62.5 cm³/mol. The van der Waals surface area contributed by atoms with Gasteiger partial charge in [0.25, 0.3) is 0 Å². The number of H-pyrrole nitrogens is 1. The van der Waals surface area contributed by atoms with Crippen LogP contribution < -0.4 is 0 Å². The third-order valence-electron chi connectivity index (χ3n) is 2.79. The third kappa shape index (κ3) is 1.51. The summed E-state index contributed by atoms with van der Waals surface area (Å²) in [5.41, 5.74) is 3.34. The largest absolute Gasteiger partial charge is 0.461 e. The SMILES string of the molecule is CCOC(=O)c1cc2c3c(ccc2[nH]1)N=NC3. The van der Waals surface area contributed by atoms with Gasteiger partial charge in [-0.3, -0.25) is 0 Å². The lowest BCUT2D eigenvalue weighted by molar-refractivity contribution is 0.0520. The van der Waals surface area contributed by atoms with E-state index in [2.05, 4.69) is 15.2 Å². The lowest BCUT2D eigenvalue weighted by Gasteiger charge is -1.96. The van der Waals surface area contributed by atoms with Crippen molar-refractivity contribution >= 4 is 22.6 Å². The van der Waals surface area contributed by atoms with E-state index in [1.807, 2.05) is 18.2 Å². The lowest BCUT2D eigenvalue weighted by Crippen LogP contribution is -2.04. The Bertz CT molecular complexity index is 628. The number of fused-ring (bicyclic) bond motifs is 3. The minimum absolute atomic E-state index is 0.329. The predicted octanol–water partition coefficient (Wildman–Crippen LogP) is 2.94. The maximum atomic E-state index is 11.6. The van der Waals surface area contributed by atoms with E-state index in [-0.39, 0.29) is 5.97 Å². The van der Waals surface area contributed by atoms with Gasteiger partial charge in [0.1, 0.15) is 5.69 Å². The van der Waals surface area contributed by atoms with Crippen LogP contribution in [-0.2, 0) is 11.3 Å². The van der Waals surface area contributed by atoms with Gasteiger partial charge in [0.15, 0.2) is 0 Å². The lowest BCUT2D eigenvalue weighted by atomic mass is 10.1. The highest BCUT2D eigenvalue weighted by Crippen LogP contribution is 2.33. The number of hydrogen-bond donors (Lipinski definition) is 1. The number of azo groups is 1. The zero-order valence-corrected chi connectivity index (χ0v) is 9.36. The van der Waals surface area contributed by atoms with Crippen LogP contribution in [0, 0.1) is 0 Å². The molecule has 0 spiro atoms. The second kappa shape index (κ2) is 3.69. The molecule has 5 heteroatoms. The number of rotatable bonds is 2. The molecule has 1 aromatic heterocycles. The fraction of sp³-hybridized carbons (Fsp3) is 0.250. The van der Waals surface area contributed by atoms with Gasteiger partial charge in [-0.15, -0.1) is 0 Å². The molecule has 1 aliphatic rings. The minimum atomic E-state index is -0.329. The zero-order valence-electron chi connectivity index (χ0n) is 9.36. The standard InChI is InChI=1S/C12H11N3O2/c1-2-17-12(16)11-5-7-8-6-13-15-10(8)4-3-9(7)14-11/h3-5,14H,2,6H2,1H3. The van der Waals surface area contributed by atoms with Crippen LogP contribution in [0.2, 0.25) is 0 Å². The molecule has 0 aliphatic carbocycles. The summed E-state index contributed by atoms with van der Waals surface area (Å²) < 4.78 is 4.96. The number of nitrogens with one attached hydrogen (secondary N) is 1. The molecule has 5 nitrogen and oxygen atoms in total. The fourth-order valence-corrected chi connectivity index (χ4v) is 2.01. The van der Waals surface area contributed by atoms with E-state index in [0.717, 1.165) is 22.2 Å². The first-order valence-corrected chi connectivity index (χ1v) is 5.49. The monoisotopic (exact) mass is 229 g/mol. The smallest absolute Gasteiger partial charge is 0.354 e. The number of ether oxygens (including phenoxy) is 1. The van der Waals surface area contributed by atoms with E-state index in [9.17, 15) is 4.79 Å². The van der Waals surface area contributed by atoms with Crippen LogP contribution in [0.4, 0.5) is 5.69 Å². The topological polar surface area (TPSA) is 66.8 Å². The van der Waals surface area contributed by atoms with Crippen molar-refractivity contribution in [3.8, 4) is 0 Å². The van der Waals surface area contributed by atoms with Crippen molar-refractivity contribution in [2.45, 2.75) is 13.5 Å². The van der Waals surface area contributed by atoms with Gasteiger partial charge in [0, 0.05) is 16.5 Å². The second-order valence-electron chi connectivity index (χ2n) is 3.83. The van der Waals surface area contributed by atoms with Gasteiger partial charge in [0.05, 0.1) is 18.8 Å². The summed E-state index contributed by atoms with van der Waals surface area (Å²) in [4.78, 5) is 14.7. The van der Waals surface area contributed by atoms with Gasteiger partial charge in [-0.25, -0.2) is 4.79 Å². The molecule has 0 amide bonds. The van der Waals surface area contributed by atoms with Gasteiger partial charge in [-0.2, -0.15) is 10.2 Å². The summed E-state index contributed by atoms with van der Waals surface area (Å²) in [5.74, 6) is -0.329. The van der Waals surface area contributed by atoms with Gasteiger partial charge in [0.2, 0.25) is 0 Å². The molecule has 0 radical (unpaired) electrons. The summed E-state index contributed by atoms with van der Waals surface area (Å²) >= 11 is 0. The molecule has 1 aromatic carbocycles. The van der Waals surface area contributed by atoms with E-state index in [0.29, 0.717) is 18.8 Å². The molecular weight excluding hydrogens is 218 g/mol. The van der Waals surface area contributed by atoms with Crippen molar-refractivity contribution in [2.24, 2.45) is 10.2 Å². The number of carbonyl (C=O) groups excluding carboxylic acids is 1. The molecule has 1 aliphatic heterocycles. The number of nitrogens with zero attached hydrogens (tertiary/aromatic N) is 2. The molecule has 86 valence electrons. The zero-order chi connectivity index (χ0) is 11.8. The molecule has 0 bridgehead atoms. The summed E-state index contributed by atoms with van der Waals surface area (Å²) in [6.45, 7) is 2.74. The average Bonchev–Trinajstić information content (AvgIpc) is 2.94.